The van der Waals surface area contributed by atoms with Crippen molar-refractivity contribution in [2.75, 3.05) is 19.7 Å². The number of nitrogens with zero attached hydrogens (tertiary/aromatic N) is 1. The van der Waals surface area contributed by atoms with Crippen molar-refractivity contribution >= 4 is 12.0 Å². The minimum atomic E-state index is -0.841. The van der Waals surface area contributed by atoms with E-state index in [1.807, 2.05) is 35.2 Å². The van der Waals surface area contributed by atoms with Gasteiger partial charge in [-0.1, -0.05) is 44.2 Å². The zero-order valence-corrected chi connectivity index (χ0v) is 17.1. The highest BCUT2D eigenvalue weighted by Crippen LogP contribution is 2.16. The van der Waals surface area contributed by atoms with Crippen molar-refractivity contribution < 1.29 is 19.4 Å². The number of ether oxygens (including phenoxy) is 1. The van der Waals surface area contributed by atoms with Crippen LogP contribution in [0.15, 0.2) is 30.3 Å². The molecule has 1 aliphatic rings. The zero-order valence-electron chi connectivity index (χ0n) is 17.1. The first-order valence-corrected chi connectivity index (χ1v) is 10.4. The minimum Gasteiger partial charge on any atom is -0.481 e. The standard InChI is InChI=1S/C22H34N2O4/c1-17(2)12-15-28-20-10-13-24(14-11-20)22(27)23-19(8-9-21(25)26)16-18-6-4-3-5-7-18/h3-7,17,19-20H,8-16H2,1-2H3,(H,23,27)(H,25,26). The SMILES string of the molecule is CC(C)CCOC1CCN(C(=O)NC(CCC(=O)O)Cc2ccccc2)CC1. The highest BCUT2D eigenvalue weighted by atomic mass is 16.5. The normalized spacial score (nSPS) is 16.2. The Morgan fingerprint density at radius 1 is 1.18 bits per heavy atom. The van der Waals surface area contributed by atoms with Crippen LogP contribution >= 0.6 is 0 Å². The summed E-state index contributed by atoms with van der Waals surface area (Å²) in [5.41, 5.74) is 1.09. The molecule has 1 atom stereocenters. The Bertz CT molecular complexity index is 598. The molecule has 1 heterocycles. The van der Waals surface area contributed by atoms with Crippen LogP contribution in [0.3, 0.4) is 0 Å². The van der Waals surface area contributed by atoms with Crippen LogP contribution in [0.2, 0.25) is 0 Å². The van der Waals surface area contributed by atoms with Crippen LogP contribution in [0.4, 0.5) is 4.79 Å². The topological polar surface area (TPSA) is 78.9 Å². The monoisotopic (exact) mass is 390 g/mol. The molecule has 0 saturated carbocycles. The highest BCUT2D eigenvalue weighted by molar-refractivity contribution is 5.75. The Hall–Kier alpha value is -2.08. The van der Waals surface area contributed by atoms with Gasteiger partial charge in [-0.2, -0.15) is 0 Å². The number of carbonyl (C=O) groups is 2. The van der Waals surface area contributed by atoms with Gasteiger partial charge in [-0.25, -0.2) is 4.79 Å². The van der Waals surface area contributed by atoms with Crippen molar-refractivity contribution in [2.24, 2.45) is 5.92 Å². The van der Waals surface area contributed by atoms with Crippen LogP contribution in [-0.2, 0) is 16.0 Å². The summed E-state index contributed by atoms with van der Waals surface area (Å²) in [7, 11) is 0. The summed E-state index contributed by atoms with van der Waals surface area (Å²) in [4.78, 5) is 25.5. The number of aliphatic carboxylic acids is 1. The van der Waals surface area contributed by atoms with Crippen molar-refractivity contribution in [2.45, 2.75) is 64.5 Å². The molecule has 0 aromatic heterocycles. The van der Waals surface area contributed by atoms with E-state index in [1.54, 1.807) is 0 Å². The molecule has 2 amide bonds. The predicted molar refractivity (Wildman–Crippen MR) is 109 cm³/mol. The van der Waals surface area contributed by atoms with Gasteiger partial charge in [0.2, 0.25) is 0 Å². The van der Waals surface area contributed by atoms with Crippen molar-refractivity contribution in [3.63, 3.8) is 0 Å². The van der Waals surface area contributed by atoms with Crippen molar-refractivity contribution in [1.82, 2.24) is 10.2 Å². The maximum absolute atomic E-state index is 12.7. The lowest BCUT2D eigenvalue weighted by Crippen LogP contribution is -2.49. The van der Waals surface area contributed by atoms with Crippen LogP contribution in [0, 0.1) is 5.92 Å². The lowest BCUT2D eigenvalue weighted by atomic mass is 10.0. The van der Waals surface area contributed by atoms with E-state index >= 15 is 0 Å². The summed E-state index contributed by atoms with van der Waals surface area (Å²) in [6.45, 7) is 6.51. The molecule has 28 heavy (non-hydrogen) atoms. The molecular weight excluding hydrogens is 356 g/mol. The molecule has 6 heteroatoms. The maximum Gasteiger partial charge on any atom is 0.317 e. The second-order valence-electron chi connectivity index (χ2n) is 8.01. The number of carboxylic acids is 1. The van der Waals surface area contributed by atoms with Gasteiger partial charge in [0.15, 0.2) is 0 Å². The molecule has 6 nitrogen and oxygen atoms in total. The van der Waals surface area contributed by atoms with E-state index in [4.69, 9.17) is 9.84 Å². The number of nitrogens with one attached hydrogen (secondary N) is 1. The zero-order chi connectivity index (χ0) is 20.4. The van der Waals surface area contributed by atoms with Crippen LogP contribution in [-0.4, -0.2) is 53.8 Å². The largest absolute Gasteiger partial charge is 0.481 e. The molecule has 1 aromatic rings. The van der Waals surface area contributed by atoms with Gasteiger partial charge in [0.1, 0.15) is 0 Å². The molecule has 0 bridgehead atoms. The molecule has 1 fully saturated rings. The van der Waals surface area contributed by atoms with Gasteiger partial charge in [-0.3, -0.25) is 4.79 Å². The van der Waals surface area contributed by atoms with Crippen molar-refractivity contribution in [3.8, 4) is 0 Å². The van der Waals surface area contributed by atoms with Gasteiger partial charge >= 0.3 is 12.0 Å². The molecule has 2 rings (SSSR count). The van der Waals surface area contributed by atoms with Crippen LogP contribution < -0.4 is 5.32 Å². The first-order chi connectivity index (χ1) is 13.4. The molecule has 1 saturated heterocycles. The summed E-state index contributed by atoms with van der Waals surface area (Å²) in [6.07, 6.45) is 4.09. The van der Waals surface area contributed by atoms with E-state index in [0.29, 0.717) is 31.8 Å². The summed E-state index contributed by atoms with van der Waals surface area (Å²) in [5, 5.41) is 12.1. The number of likely N-dealkylation sites (tertiary alicyclic amines) is 1. The molecule has 1 aliphatic heterocycles. The predicted octanol–water partition coefficient (Wildman–Crippen LogP) is 3.70. The Balaban J connectivity index is 1.81. The first kappa shape index (κ1) is 22.2. The van der Waals surface area contributed by atoms with E-state index in [1.165, 1.54) is 0 Å². The Morgan fingerprint density at radius 3 is 2.46 bits per heavy atom. The van der Waals surface area contributed by atoms with Gasteiger partial charge in [0.05, 0.1) is 6.10 Å². The average molecular weight is 391 g/mol. The van der Waals surface area contributed by atoms with E-state index in [2.05, 4.69) is 19.2 Å². The summed E-state index contributed by atoms with van der Waals surface area (Å²) in [6, 6.07) is 9.56. The third-order valence-corrected chi connectivity index (χ3v) is 5.14. The maximum atomic E-state index is 12.7. The number of hydrogen-bond donors (Lipinski definition) is 2. The number of urea groups is 1. The average Bonchev–Trinajstić information content (AvgIpc) is 2.67. The Kier molecular flexibility index (Phi) is 9.28. The smallest absolute Gasteiger partial charge is 0.317 e. The molecule has 0 spiro atoms. The van der Waals surface area contributed by atoms with Crippen LogP contribution in [0.1, 0.15) is 51.5 Å². The fourth-order valence-corrected chi connectivity index (χ4v) is 3.38. The molecule has 0 aliphatic carbocycles. The Labute approximate surface area is 168 Å². The molecule has 1 unspecified atom stereocenters. The van der Waals surface area contributed by atoms with E-state index < -0.39 is 5.97 Å². The molecule has 0 radical (unpaired) electrons. The summed E-state index contributed by atoms with van der Waals surface area (Å²) in [5.74, 6) is -0.204. The van der Waals surface area contributed by atoms with Crippen LogP contribution in [0.25, 0.3) is 0 Å². The third-order valence-electron chi connectivity index (χ3n) is 5.14. The quantitative estimate of drug-likeness (QED) is 0.638. The van der Waals surface area contributed by atoms with E-state index in [0.717, 1.165) is 31.4 Å². The second-order valence-corrected chi connectivity index (χ2v) is 8.01. The van der Waals surface area contributed by atoms with Gasteiger partial charge in [-0.15, -0.1) is 0 Å². The number of rotatable bonds is 10. The van der Waals surface area contributed by atoms with E-state index in [9.17, 15) is 9.59 Å². The van der Waals surface area contributed by atoms with Crippen molar-refractivity contribution in [1.29, 1.82) is 0 Å². The number of amides is 2. The highest BCUT2D eigenvalue weighted by Gasteiger charge is 2.25. The van der Waals surface area contributed by atoms with Gasteiger partial charge in [-0.05, 0) is 43.6 Å². The molecule has 2 N–H and O–H groups in total. The van der Waals surface area contributed by atoms with Gasteiger partial charge in [0, 0.05) is 32.2 Å². The fraction of sp³-hybridized carbons (Fsp3) is 0.636. The number of carbonyl (C=O) groups excluding carboxylic acids is 1. The number of hydrogen-bond acceptors (Lipinski definition) is 3. The number of benzene rings is 1. The molecular formula is C22H34N2O4. The third kappa shape index (κ3) is 8.30. The lowest BCUT2D eigenvalue weighted by Gasteiger charge is -2.33. The second kappa shape index (κ2) is 11.7. The van der Waals surface area contributed by atoms with Gasteiger partial charge < -0.3 is 20.1 Å². The lowest BCUT2D eigenvalue weighted by molar-refractivity contribution is -0.137. The summed E-state index contributed by atoms with van der Waals surface area (Å²) >= 11 is 0. The first-order valence-electron chi connectivity index (χ1n) is 10.4. The van der Waals surface area contributed by atoms with Gasteiger partial charge in [0.25, 0.3) is 0 Å². The number of piperidine rings is 1. The Morgan fingerprint density at radius 2 is 1.86 bits per heavy atom. The minimum absolute atomic E-state index is 0.0452. The van der Waals surface area contributed by atoms with Crippen molar-refractivity contribution in [3.05, 3.63) is 35.9 Å². The fourth-order valence-electron chi connectivity index (χ4n) is 3.38. The van der Waals surface area contributed by atoms with E-state index in [-0.39, 0.29) is 24.6 Å². The molecule has 1 aromatic carbocycles. The molecule has 156 valence electrons. The number of carboxylic acid groups (broad SMARTS) is 1. The van der Waals surface area contributed by atoms with Crippen LogP contribution in [0.5, 0.6) is 0 Å². The summed E-state index contributed by atoms with van der Waals surface area (Å²) < 4.78 is 5.92.